The third-order valence-corrected chi connectivity index (χ3v) is 10.8. The molecule has 1 fully saturated rings. The Morgan fingerprint density at radius 2 is 1.84 bits per heavy atom. The van der Waals surface area contributed by atoms with Gasteiger partial charge in [0.05, 0.1) is 30.1 Å². The Bertz CT molecular complexity index is 2050. The zero-order chi connectivity index (χ0) is 41.6. The Balaban J connectivity index is 1.66. The minimum atomic E-state index is -1.15. The highest BCUT2D eigenvalue weighted by Crippen LogP contribution is 2.42. The molecule has 3 atom stereocenters. The number of halogens is 2. The highest BCUT2D eigenvalue weighted by atomic mass is 19.1. The van der Waals surface area contributed by atoms with Crippen molar-refractivity contribution in [3.8, 4) is 22.4 Å². The molecule has 13 heteroatoms. The number of carbonyl (C=O) groups is 3. The highest BCUT2D eigenvalue weighted by Gasteiger charge is 2.34. The number of aromatic nitrogens is 2. The largest absolute Gasteiger partial charge is 0.467 e. The van der Waals surface area contributed by atoms with Gasteiger partial charge in [-0.05, 0) is 106 Å². The molecular weight excluding hydrogens is 731 g/mol. The number of amides is 2. The van der Waals surface area contributed by atoms with E-state index in [1.807, 2.05) is 65.8 Å². The van der Waals surface area contributed by atoms with Gasteiger partial charge in [0.15, 0.2) is 0 Å². The van der Waals surface area contributed by atoms with Crippen LogP contribution in [0, 0.1) is 23.0 Å². The van der Waals surface area contributed by atoms with Crippen LogP contribution >= 0.6 is 0 Å². The van der Waals surface area contributed by atoms with E-state index in [9.17, 15) is 14.4 Å². The molecule has 2 aromatic carbocycles. The summed E-state index contributed by atoms with van der Waals surface area (Å²) in [7, 11) is 5.22. The topological polar surface area (TPSA) is 118 Å². The number of likely N-dealkylation sites (N-methyl/N-ethyl adjacent to an activating group) is 1. The number of carbonyl (C=O) groups excluding carboxylic acids is 3. The summed E-state index contributed by atoms with van der Waals surface area (Å²) in [5.74, 6) is -2.19. The van der Waals surface area contributed by atoms with Crippen LogP contribution in [0.1, 0.15) is 77.3 Å². The summed E-state index contributed by atoms with van der Waals surface area (Å²) < 4.78 is 45.8. The molecule has 1 aliphatic heterocycles. The van der Waals surface area contributed by atoms with E-state index >= 15 is 8.78 Å². The number of benzene rings is 2. The molecule has 57 heavy (non-hydrogen) atoms. The number of hydrogen-bond acceptors (Lipinski definition) is 8. The van der Waals surface area contributed by atoms with Crippen molar-refractivity contribution >= 4 is 29.2 Å². The summed E-state index contributed by atoms with van der Waals surface area (Å²) in [4.78, 5) is 45.4. The Kier molecular flexibility index (Phi) is 14.2. The van der Waals surface area contributed by atoms with Crippen molar-refractivity contribution in [3.63, 3.8) is 0 Å². The van der Waals surface area contributed by atoms with Gasteiger partial charge in [-0.1, -0.05) is 33.8 Å². The lowest BCUT2D eigenvalue weighted by atomic mass is 9.84. The summed E-state index contributed by atoms with van der Waals surface area (Å²) in [5.41, 5.74) is 7.41. The summed E-state index contributed by atoms with van der Waals surface area (Å²) in [6, 6.07) is 10.0. The number of fused-ring (bicyclic) bond motifs is 1. The number of nitrogens with one attached hydrogen (secondary N) is 2. The van der Waals surface area contributed by atoms with Gasteiger partial charge in [-0.15, -0.1) is 0 Å². The van der Waals surface area contributed by atoms with Crippen LogP contribution in [0.2, 0.25) is 0 Å². The van der Waals surface area contributed by atoms with Crippen molar-refractivity contribution in [2.75, 3.05) is 40.9 Å². The molecule has 0 radical (unpaired) electrons. The van der Waals surface area contributed by atoms with E-state index in [1.54, 1.807) is 38.4 Å². The van der Waals surface area contributed by atoms with Gasteiger partial charge in [0.1, 0.15) is 17.7 Å². The molecule has 0 saturated carbocycles. The minimum Gasteiger partial charge on any atom is -0.467 e. The van der Waals surface area contributed by atoms with Crippen LogP contribution in [0.25, 0.3) is 33.3 Å². The van der Waals surface area contributed by atoms with Gasteiger partial charge in [-0.25, -0.2) is 14.2 Å². The lowest BCUT2D eigenvalue weighted by Crippen LogP contribution is -2.58. The molecule has 1 saturated heterocycles. The molecule has 2 N–H and O–H groups in total. The van der Waals surface area contributed by atoms with Gasteiger partial charge >= 0.3 is 0 Å². The van der Waals surface area contributed by atoms with Crippen molar-refractivity contribution < 1.29 is 32.6 Å². The van der Waals surface area contributed by atoms with E-state index in [0.717, 1.165) is 52.3 Å². The van der Waals surface area contributed by atoms with Gasteiger partial charge in [-0.3, -0.25) is 29.3 Å². The maximum Gasteiger partial charge on any atom is 0.293 e. The normalized spacial score (nSPS) is 15.2. The summed E-state index contributed by atoms with van der Waals surface area (Å²) in [5, 5.41) is 5.20. The first-order valence-electron chi connectivity index (χ1n) is 19.8. The molecule has 4 aromatic rings. The molecule has 5 rings (SSSR count). The maximum absolute atomic E-state index is 17.0. The fourth-order valence-corrected chi connectivity index (χ4v) is 8.13. The number of aryl methyl sites for hydroxylation is 1. The maximum atomic E-state index is 17.0. The molecule has 0 bridgehead atoms. The first kappa shape index (κ1) is 43.4. The number of hydrazine groups is 1. The summed E-state index contributed by atoms with van der Waals surface area (Å²) in [6.07, 6.45) is 3.32. The smallest absolute Gasteiger partial charge is 0.293 e. The van der Waals surface area contributed by atoms with Gasteiger partial charge in [0.2, 0.25) is 5.91 Å². The second-order valence-electron chi connectivity index (χ2n) is 16.3. The second kappa shape index (κ2) is 18.7. The van der Waals surface area contributed by atoms with Crippen molar-refractivity contribution in [2.24, 2.45) is 11.3 Å². The van der Waals surface area contributed by atoms with Crippen molar-refractivity contribution in [1.82, 2.24) is 30.2 Å². The molecule has 0 aliphatic carbocycles. The zero-order valence-corrected chi connectivity index (χ0v) is 34.7. The first-order chi connectivity index (χ1) is 27.1. The first-order valence-corrected chi connectivity index (χ1v) is 19.8. The average molecular weight is 789 g/mol. The van der Waals surface area contributed by atoms with Gasteiger partial charge in [-0.2, -0.15) is 0 Å². The van der Waals surface area contributed by atoms with Crippen LogP contribution in [-0.4, -0.2) is 90.7 Å². The van der Waals surface area contributed by atoms with E-state index < -0.39 is 35.0 Å². The van der Waals surface area contributed by atoms with E-state index in [0.29, 0.717) is 38.1 Å². The molecule has 3 unspecified atom stereocenters. The molecule has 2 aromatic heterocycles. The van der Waals surface area contributed by atoms with Crippen LogP contribution < -0.4 is 10.7 Å². The van der Waals surface area contributed by atoms with Crippen LogP contribution in [0.15, 0.2) is 48.7 Å². The Labute approximate surface area is 335 Å². The third kappa shape index (κ3) is 9.70. The van der Waals surface area contributed by atoms with E-state index in [-0.39, 0.29) is 42.1 Å². The second-order valence-corrected chi connectivity index (χ2v) is 16.3. The van der Waals surface area contributed by atoms with Crippen LogP contribution in [-0.2, 0) is 43.2 Å². The fraction of sp³-hybridized carbons (Fsp3) is 0.500. The van der Waals surface area contributed by atoms with Gasteiger partial charge in [0.25, 0.3) is 12.4 Å². The highest BCUT2D eigenvalue weighted by molar-refractivity contribution is 5.95. The van der Waals surface area contributed by atoms with Crippen molar-refractivity contribution in [3.05, 3.63) is 77.1 Å². The Morgan fingerprint density at radius 3 is 2.47 bits per heavy atom. The van der Waals surface area contributed by atoms with E-state index in [2.05, 4.69) is 15.3 Å². The minimum absolute atomic E-state index is 0.0283. The van der Waals surface area contributed by atoms with Crippen molar-refractivity contribution in [2.45, 2.75) is 92.0 Å². The predicted octanol–water partition coefficient (Wildman–Crippen LogP) is 6.86. The summed E-state index contributed by atoms with van der Waals surface area (Å²) >= 11 is 0. The molecule has 0 spiro atoms. The molecule has 308 valence electrons. The van der Waals surface area contributed by atoms with Crippen LogP contribution in [0.4, 0.5) is 8.78 Å². The molecule has 2 amide bonds. The van der Waals surface area contributed by atoms with E-state index in [4.69, 9.17) is 14.5 Å². The lowest BCUT2D eigenvalue weighted by molar-refractivity contribution is -0.141. The molecule has 1 aliphatic rings. The van der Waals surface area contributed by atoms with Gasteiger partial charge < -0.3 is 19.4 Å². The van der Waals surface area contributed by atoms with Crippen LogP contribution in [0.5, 0.6) is 0 Å². The zero-order valence-electron chi connectivity index (χ0n) is 34.7. The molecule has 3 heterocycles. The van der Waals surface area contributed by atoms with Gasteiger partial charge in [0, 0.05) is 66.8 Å². The van der Waals surface area contributed by atoms with E-state index in [1.165, 1.54) is 11.1 Å². The number of pyridine rings is 1. The number of nitrogens with zero attached hydrogens (tertiary/aromatic N) is 4. The predicted molar refractivity (Wildman–Crippen MR) is 218 cm³/mol. The Hall–Kier alpha value is -4.72. The standard InChI is InChI=1S/C44H58F2N6O5/c1-10-51-37-16-15-29(21-34(37)35(24-44(5,6)25-57-26-53)41(51)32-14-13-17-47-39(32)28(4)56-9)33-23-31(45)20-30(38(33)46)22-36(43(55)52-19-12-11-18-48-52)49-42(54)40(27(2)3)50(7)8/h13-17,20-21,23,26-28,36,40,48H,10-12,18-19,22,24-25H2,1-9H3,(H,49,54). The number of rotatable bonds is 17. The summed E-state index contributed by atoms with van der Waals surface area (Å²) in [6.45, 7) is 14.1. The van der Waals surface area contributed by atoms with Crippen LogP contribution in [0.3, 0.4) is 0 Å². The number of methoxy groups -OCH3 is 1. The van der Waals surface area contributed by atoms with Crippen molar-refractivity contribution in [1.29, 1.82) is 0 Å². The Morgan fingerprint density at radius 1 is 1.09 bits per heavy atom. The number of hydrogen-bond donors (Lipinski definition) is 2. The average Bonchev–Trinajstić information content (AvgIpc) is 3.48. The molecular formula is C44H58F2N6O5. The SMILES string of the molecule is CCn1c(-c2cccnc2C(C)OC)c(CC(C)(C)COC=O)c2cc(-c3cc(F)cc(CC(NC(=O)C(C(C)C)N(C)C)C(=O)N4CCCCN4)c3F)ccc21. The molecule has 11 nitrogen and oxygen atoms in total. The monoisotopic (exact) mass is 788 g/mol. The third-order valence-electron chi connectivity index (χ3n) is 10.8. The number of ether oxygens (including phenoxy) is 2. The quantitative estimate of drug-likeness (QED) is 0.112. The lowest BCUT2D eigenvalue weighted by Gasteiger charge is -2.33. The fourth-order valence-electron chi connectivity index (χ4n) is 8.13.